The summed E-state index contributed by atoms with van der Waals surface area (Å²) < 4.78 is 14.1. The number of halogens is 1. The van der Waals surface area contributed by atoms with Crippen molar-refractivity contribution in [2.45, 2.75) is 6.42 Å². The number of hydrogen-bond acceptors (Lipinski definition) is 4. The zero-order valence-corrected chi connectivity index (χ0v) is 16.5. The van der Waals surface area contributed by atoms with Gasteiger partial charge in [0, 0.05) is 39.1 Å². The lowest BCUT2D eigenvalue weighted by molar-refractivity contribution is -0.122. The molecule has 29 heavy (non-hydrogen) atoms. The van der Waals surface area contributed by atoms with E-state index < -0.39 is 11.7 Å². The fourth-order valence-corrected chi connectivity index (χ4v) is 3.92. The van der Waals surface area contributed by atoms with Crippen LogP contribution in [0.3, 0.4) is 0 Å². The zero-order chi connectivity index (χ0) is 20.4. The van der Waals surface area contributed by atoms with Gasteiger partial charge in [0.1, 0.15) is 5.82 Å². The Morgan fingerprint density at radius 1 is 1.00 bits per heavy atom. The van der Waals surface area contributed by atoms with E-state index in [1.807, 2.05) is 24.3 Å². The molecular formula is C22H25FN4O2. The zero-order valence-electron chi connectivity index (χ0n) is 16.5. The fourth-order valence-electron chi connectivity index (χ4n) is 3.92. The van der Waals surface area contributed by atoms with Gasteiger partial charge < -0.3 is 20.0 Å². The van der Waals surface area contributed by atoms with Gasteiger partial charge >= 0.3 is 0 Å². The van der Waals surface area contributed by atoms with Crippen LogP contribution in [0.2, 0.25) is 0 Å². The second-order valence-electron chi connectivity index (χ2n) is 7.65. The van der Waals surface area contributed by atoms with Crippen LogP contribution in [-0.2, 0) is 9.59 Å². The number of nitrogens with zero attached hydrogens (tertiary/aromatic N) is 3. The van der Waals surface area contributed by atoms with Crippen molar-refractivity contribution >= 4 is 28.9 Å². The van der Waals surface area contributed by atoms with Crippen LogP contribution in [-0.4, -0.2) is 56.5 Å². The van der Waals surface area contributed by atoms with E-state index in [4.69, 9.17) is 0 Å². The van der Waals surface area contributed by atoms with E-state index in [1.54, 1.807) is 18.2 Å². The minimum absolute atomic E-state index is 0.0802. The van der Waals surface area contributed by atoms with Crippen molar-refractivity contribution in [3.05, 3.63) is 54.3 Å². The van der Waals surface area contributed by atoms with Crippen LogP contribution in [0.1, 0.15) is 6.42 Å². The van der Waals surface area contributed by atoms with E-state index in [1.165, 1.54) is 11.0 Å². The molecule has 152 valence electrons. The van der Waals surface area contributed by atoms with E-state index >= 15 is 0 Å². The lowest BCUT2D eigenvalue weighted by Gasteiger charge is -2.35. The highest BCUT2D eigenvalue weighted by Gasteiger charge is 2.36. The predicted octanol–water partition coefficient (Wildman–Crippen LogP) is 2.57. The van der Waals surface area contributed by atoms with Crippen molar-refractivity contribution in [1.82, 2.24) is 4.90 Å². The summed E-state index contributed by atoms with van der Waals surface area (Å²) in [5.74, 6) is -1.41. The van der Waals surface area contributed by atoms with Crippen LogP contribution in [0.15, 0.2) is 48.5 Å². The first-order chi connectivity index (χ1) is 14.0. The summed E-state index contributed by atoms with van der Waals surface area (Å²) in [6.07, 6.45) is 0.0802. The minimum atomic E-state index is -0.511. The number of para-hydroxylation sites is 3. The molecule has 2 aromatic carbocycles. The molecule has 2 aliphatic rings. The van der Waals surface area contributed by atoms with Crippen molar-refractivity contribution in [1.29, 1.82) is 0 Å². The number of rotatable bonds is 4. The number of hydrogen-bond donors (Lipinski definition) is 1. The highest BCUT2D eigenvalue weighted by molar-refractivity contribution is 6.04. The van der Waals surface area contributed by atoms with Crippen LogP contribution in [0.5, 0.6) is 0 Å². The summed E-state index contributed by atoms with van der Waals surface area (Å²) in [5.41, 5.74) is 1.97. The summed E-state index contributed by atoms with van der Waals surface area (Å²) in [6, 6.07) is 13.9. The van der Waals surface area contributed by atoms with Crippen LogP contribution >= 0.6 is 0 Å². The second-order valence-corrected chi connectivity index (χ2v) is 7.65. The molecule has 2 aromatic rings. The number of anilines is 3. The Kier molecular flexibility index (Phi) is 5.49. The van der Waals surface area contributed by atoms with Gasteiger partial charge in [0.15, 0.2) is 0 Å². The lowest BCUT2D eigenvalue weighted by Crippen LogP contribution is -2.44. The van der Waals surface area contributed by atoms with Gasteiger partial charge in [-0.05, 0) is 31.3 Å². The smallest absolute Gasteiger partial charge is 0.229 e. The topological polar surface area (TPSA) is 55.9 Å². The standard InChI is InChI=1S/C22H25FN4O2/c1-25-10-12-26(13-11-25)20-9-5-3-7-18(20)24-22(29)16-14-21(28)27(15-16)19-8-4-2-6-17(19)23/h2-9,16H,10-15H2,1H3,(H,24,29). The summed E-state index contributed by atoms with van der Waals surface area (Å²) in [7, 11) is 2.10. The van der Waals surface area contributed by atoms with Crippen molar-refractivity contribution in [3.8, 4) is 0 Å². The third kappa shape index (κ3) is 4.10. The Balaban J connectivity index is 1.47. The number of benzene rings is 2. The molecule has 2 aliphatic heterocycles. The third-order valence-corrected chi connectivity index (χ3v) is 5.64. The summed E-state index contributed by atoms with van der Waals surface area (Å²) >= 11 is 0. The molecule has 1 unspecified atom stereocenters. The average Bonchev–Trinajstić information content (AvgIpc) is 3.11. The first-order valence-corrected chi connectivity index (χ1v) is 9.91. The molecule has 1 atom stereocenters. The quantitative estimate of drug-likeness (QED) is 0.863. The van der Waals surface area contributed by atoms with Gasteiger partial charge in [-0.3, -0.25) is 9.59 Å². The monoisotopic (exact) mass is 396 g/mol. The van der Waals surface area contributed by atoms with E-state index in [2.05, 4.69) is 22.2 Å². The normalized spacial score (nSPS) is 20.2. The van der Waals surface area contributed by atoms with Crippen molar-refractivity contribution in [2.24, 2.45) is 5.92 Å². The molecule has 0 saturated carbocycles. The van der Waals surface area contributed by atoms with Crippen LogP contribution in [0, 0.1) is 11.7 Å². The molecule has 2 saturated heterocycles. The maximum Gasteiger partial charge on any atom is 0.229 e. The molecule has 2 amide bonds. The van der Waals surface area contributed by atoms with Crippen molar-refractivity contribution < 1.29 is 14.0 Å². The third-order valence-electron chi connectivity index (χ3n) is 5.64. The highest BCUT2D eigenvalue weighted by Crippen LogP contribution is 2.30. The number of carbonyl (C=O) groups excluding carboxylic acids is 2. The lowest BCUT2D eigenvalue weighted by atomic mass is 10.1. The van der Waals surface area contributed by atoms with E-state index in [-0.39, 0.29) is 30.5 Å². The number of nitrogens with one attached hydrogen (secondary N) is 1. The Bertz CT molecular complexity index is 911. The highest BCUT2D eigenvalue weighted by atomic mass is 19.1. The maximum absolute atomic E-state index is 14.1. The molecule has 1 N–H and O–H groups in total. The summed E-state index contributed by atoms with van der Waals surface area (Å²) in [6.45, 7) is 3.91. The molecule has 7 heteroatoms. The van der Waals surface area contributed by atoms with Gasteiger partial charge in [-0.2, -0.15) is 0 Å². The molecule has 0 aromatic heterocycles. The molecule has 0 bridgehead atoms. The molecule has 0 spiro atoms. The Morgan fingerprint density at radius 2 is 1.66 bits per heavy atom. The van der Waals surface area contributed by atoms with Gasteiger partial charge in [0.05, 0.1) is 23.0 Å². The second kappa shape index (κ2) is 8.21. The molecule has 4 rings (SSSR count). The summed E-state index contributed by atoms with van der Waals surface area (Å²) in [4.78, 5) is 31.2. The van der Waals surface area contributed by atoms with E-state index in [0.29, 0.717) is 0 Å². The van der Waals surface area contributed by atoms with Gasteiger partial charge in [-0.15, -0.1) is 0 Å². The van der Waals surface area contributed by atoms with Crippen LogP contribution < -0.4 is 15.1 Å². The number of amides is 2. The molecular weight excluding hydrogens is 371 g/mol. The first kappa shape index (κ1) is 19.4. The first-order valence-electron chi connectivity index (χ1n) is 9.91. The van der Waals surface area contributed by atoms with Gasteiger partial charge in [0.2, 0.25) is 11.8 Å². The largest absolute Gasteiger partial charge is 0.367 e. The van der Waals surface area contributed by atoms with Gasteiger partial charge in [0.25, 0.3) is 0 Å². The Labute approximate surface area is 169 Å². The van der Waals surface area contributed by atoms with Crippen LogP contribution in [0.25, 0.3) is 0 Å². The number of piperazine rings is 1. The SMILES string of the molecule is CN1CCN(c2ccccc2NC(=O)C2CC(=O)N(c3ccccc3F)C2)CC1. The van der Waals surface area contributed by atoms with Gasteiger partial charge in [-0.25, -0.2) is 4.39 Å². The average molecular weight is 396 g/mol. The molecule has 6 nitrogen and oxygen atoms in total. The Hall–Kier alpha value is -2.93. The molecule has 2 heterocycles. The summed E-state index contributed by atoms with van der Waals surface area (Å²) in [5, 5.41) is 3.00. The molecule has 0 radical (unpaired) electrons. The van der Waals surface area contributed by atoms with Gasteiger partial charge in [-0.1, -0.05) is 24.3 Å². The molecule has 2 fully saturated rings. The van der Waals surface area contributed by atoms with Crippen LogP contribution in [0.4, 0.5) is 21.5 Å². The van der Waals surface area contributed by atoms with E-state index in [0.717, 1.165) is 37.6 Å². The fraction of sp³-hybridized carbons (Fsp3) is 0.364. The van der Waals surface area contributed by atoms with E-state index in [9.17, 15) is 14.0 Å². The minimum Gasteiger partial charge on any atom is -0.367 e. The number of likely N-dealkylation sites (N-methyl/N-ethyl adjacent to an activating group) is 1. The van der Waals surface area contributed by atoms with Crippen molar-refractivity contribution in [3.63, 3.8) is 0 Å². The Morgan fingerprint density at radius 3 is 2.38 bits per heavy atom. The predicted molar refractivity (Wildman–Crippen MR) is 112 cm³/mol. The maximum atomic E-state index is 14.1. The van der Waals surface area contributed by atoms with Crippen molar-refractivity contribution in [2.75, 3.05) is 54.9 Å². The molecule has 0 aliphatic carbocycles. The number of carbonyl (C=O) groups is 2.